The molecule has 0 fully saturated rings. The monoisotopic (exact) mass is 192 g/mol. The minimum absolute atomic E-state index is 0.431. The van der Waals surface area contributed by atoms with Crippen LogP contribution in [0.1, 0.15) is 25.8 Å². The van der Waals surface area contributed by atoms with Gasteiger partial charge in [0.25, 0.3) is 0 Å². The molecule has 1 rings (SSSR count). The average molecular weight is 192 g/mol. The fourth-order valence-electron chi connectivity index (χ4n) is 1.44. The molecule has 0 aliphatic heterocycles. The van der Waals surface area contributed by atoms with Gasteiger partial charge in [0, 0.05) is 6.54 Å². The Morgan fingerprint density at radius 3 is 2.36 bits per heavy atom. The topological polar surface area (TPSA) is 24.1 Å². The van der Waals surface area contributed by atoms with E-state index in [2.05, 4.69) is 48.7 Å². The van der Waals surface area contributed by atoms with Crippen molar-refractivity contribution in [2.45, 2.75) is 33.0 Å². The highest BCUT2D eigenvalue weighted by atomic mass is 15.1. The Bertz CT molecular complexity index is 233. The molecule has 0 bridgehead atoms. The van der Waals surface area contributed by atoms with Crippen molar-refractivity contribution in [3.8, 4) is 0 Å². The number of nitrogens with one attached hydrogen (secondary N) is 2. The standard InChI is InChI=1S/C12H20N2/c1-3-12(13-4-2)14-10-11-8-6-5-7-9-11/h5-9,12-14H,3-4,10H2,1-2H3. The van der Waals surface area contributed by atoms with Crippen molar-refractivity contribution in [3.05, 3.63) is 35.9 Å². The molecule has 1 aromatic carbocycles. The van der Waals surface area contributed by atoms with E-state index in [-0.39, 0.29) is 0 Å². The van der Waals surface area contributed by atoms with Gasteiger partial charge in [-0.3, -0.25) is 5.32 Å². The lowest BCUT2D eigenvalue weighted by Crippen LogP contribution is -2.41. The van der Waals surface area contributed by atoms with Crippen LogP contribution in [0.4, 0.5) is 0 Å². The van der Waals surface area contributed by atoms with Gasteiger partial charge in [0.1, 0.15) is 0 Å². The van der Waals surface area contributed by atoms with Crippen molar-refractivity contribution >= 4 is 0 Å². The Hall–Kier alpha value is -0.860. The molecule has 1 atom stereocenters. The van der Waals surface area contributed by atoms with Gasteiger partial charge in [-0.2, -0.15) is 0 Å². The van der Waals surface area contributed by atoms with E-state index in [1.807, 2.05) is 6.07 Å². The third kappa shape index (κ3) is 3.90. The largest absolute Gasteiger partial charge is 0.302 e. The molecule has 2 N–H and O–H groups in total. The molecular weight excluding hydrogens is 172 g/mol. The first-order chi connectivity index (χ1) is 6.86. The Balaban J connectivity index is 2.32. The lowest BCUT2D eigenvalue weighted by atomic mass is 10.2. The predicted octanol–water partition coefficient (Wildman–Crippen LogP) is 2.12. The predicted molar refractivity (Wildman–Crippen MR) is 61.0 cm³/mol. The van der Waals surface area contributed by atoms with Crippen molar-refractivity contribution < 1.29 is 0 Å². The van der Waals surface area contributed by atoms with Crippen LogP contribution >= 0.6 is 0 Å². The second kappa shape index (κ2) is 6.57. The summed E-state index contributed by atoms with van der Waals surface area (Å²) in [5.41, 5.74) is 1.34. The van der Waals surface area contributed by atoms with E-state index >= 15 is 0 Å². The molecule has 0 aromatic heterocycles. The zero-order valence-electron chi connectivity index (χ0n) is 9.09. The third-order valence-corrected chi connectivity index (χ3v) is 2.25. The average Bonchev–Trinajstić information content (AvgIpc) is 2.25. The molecule has 14 heavy (non-hydrogen) atoms. The summed E-state index contributed by atoms with van der Waals surface area (Å²) in [6.07, 6.45) is 1.54. The summed E-state index contributed by atoms with van der Waals surface area (Å²) in [5.74, 6) is 0. The van der Waals surface area contributed by atoms with Crippen molar-refractivity contribution in [1.82, 2.24) is 10.6 Å². The molecule has 0 aliphatic rings. The molecule has 0 aliphatic carbocycles. The number of hydrogen-bond donors (Lipinski definition) is 2. The fraction of sp³-hybridized carbons (Fsp3) is 0.500. The molecule has 0 saturated heterocycles. The van der Waals surface area contributed by atoms with Crippen LogP contribution in [0.3, 0.4) is 0 Å². The van der Waals surface area contributed by atoms with Gasteiger partial charge < -0.3 is 5.32 Å². The maximum atomic E-state index is 3.48. The smallest absolute Gasteiger partial charge is 0.0571 e. The highest BCUT2D eigenvalue weighted by Gasteiger charge is 2.01. The van der Waals surface area contributed by atoms with Crippen LogP contribution < -0.4 is 10.6 Å². The number of hydrogen-bond acceptors (Lipinski definition) is 2. The molecule has 0 spiro atoms. The first-order valence-corrected chi connectivity index (χ1v) is 5.37. The van der Waals surface area contributed by atoms with E-state index in [0.717, 1.165) is 19.5 Å². The van der Waals surface area contributed by atoms with Crippen LogP contribution in [-0.2, 0) is 6.54 Å². The van der Waals surface area contributed by atoms with Gasteiger partial charge in [-0.15, -0.1) is 0 Å². The van der Waals surface area contributed by atoms with Gasteiger partial charge in [-0.1, -0.05) is 44.2 Å². The maximum absolute atomic E-state index is 3.48. The Labute approximate surface area is 86.7 Å². The first-order valence-electron chi connectivity index (χ1n) is 5.37. The van der Waals surface area contributed by atoms with Crippen LogP contribution in [0, 0.1) is 0 Å². The van der Waals surface area contributed by atoms with Crippen molar-refractivity contribution in [1.29, 1.82) is 0 Å². The second-order valence-electron chi connectivity index (χ2n) is 3.39. The van der Waals surface area contributed by atoms with Crippen molar-refractivity contribution in [3.63, 3.8) is 0 Å². The summed E-state index contributed by atoms with van der Waals surface area (Å²) in [6, 6.07) is 10.5. The highest BCUT2D eigenvalue weighted by molar-refractivity contribution is 5.14. The number of benzene rings is 1. The summed E-state index contributed by atoms with van der Waals surface area (Å²) in [7, 11) is 0. The van der Waals surface area contributed by atoms with Crippen LogP contribution in [0.25, 0.3) is 0 Å². The molecule has 0 heterocycles. The molecule has 1 aromatic rings. The molecule has 1 unspecified atom stereocenters. The Kier molecular flexibility index (Phi) is 5.27. The Morgan fingerprint density at radius 2 is 1.79 bits per heavy atom. The van der Waals surface area contributed by atoms with Crippen LogP contribution in [-0.4, -0.2) is 12.7 Å². The highest BCUT2D eigenvalue weighted by Crippen LogP contribution is 1.98. The van der Waals surface area contributed by atoms with Gasteiger partial charge in [0.15, 0.2) is 0 Å². The van der Waals surface area contributed by atoms with E-state index in [0.29, 0.717) is 6.17 Å². The summed E-state index contributed by atoms with van der Waals surface area (Å²) >= 11 is 0. The SMILES string of the molecule is CCNC(CC)NCc1ccccc1. The minimum atomic E-state index is 0.431. The van der Waals surface area contributed by atoms with Gasteiger partial charge in [0.05, 0.1) is 6.17 Å². The lowest BCUT2D eigenvalue weighted by Gasteiger charge is -2.17. The maximum Gasteiger partial charge on any atom is 0.0571 e. The van der Waals surface area contributed by atoms with Gasteiger partial charge >= 0.3 is 0 Å². The molecule has 78 valence electrons. The third-order valence-electron chi connectivity index (χ3n) is 2.25. The zero-order valence-corrected chi connectivity index (χ0v) is 9.09. The second-order valence-corrected chi connectivity index (χ2v) is 3.39. The van der Waals surface area contributed by atoms with E-state index < -0.39 is 0 Å². The van der Waals surface area contributed by atoms with Crippen LogP contribution in [0.15, 0.2) is 30.3 Å². The fourth-order valence-corrected chi connectivity index (χ4v) is 1.44. The Morgan fingerprint density at radius 1 is 1.07 bits per heavy atom. The van der Waals surface area contributed by atoms with Gasteiger partial charge in [-0.05, 0) is 18.5 Å². The normalized spacial score (nSPS) is 12.7. The quantitative estimate of drug-likeness (QED) is 0.675. The van der Waals surface area contributed by atoms with Crippen LogP contribution in [0.5, 0.6) is 0 Å². The van der Waals surface area contributed by atoms with E-state index in [9.17, 15) is 0 Å². The van der Waals surface area contributed by atoms with Crippen LogP contribution in [0.2, 0.25) is 0 Å². The van der Waals surface area contributed by atoms with E-state index in [4.69, 9.17) is 0 Å². The molecule has 2 nitrogen and oxygen atoms in total. The van der Waals surface area contributed by atoms with E-state index in [1.165, 1.54) is 5.56 Å². The summed E-state index contributed by atoms with van der Waals surface area (Å²) in [4.78, 5) is 0. The lowest BCUT2D eigenvalue weighted by molar-refractivity contribution is 0.421. The number of rotatable bonds is 6. The molecule has 0 radical (unpaired) electrons. The van der Waals surface area contributed by atoms with Crippen molar-refractivity contribution in [2.75, 3.05) is 6.54 Å². The molecular formula is C12H20N2. The van der Waals surface area contributed by atoms with Gasteiger partial charge in [-0.25, -0.2) is 0 Å². The zero-order chi connectivity index (χ0) is 10.2. The summed E-state index contributed by atoms with van der Waals surface area (Å²) in [5, 5.41) is 6.87. The minimum Gasteiger partial charge on any atom is -0.302 e. The summed E-state index contributed by atoms with van der Waals surface area (Å²) in [6.45, 7) is 6.27. The molecule has 2 heteroatoms. The molecule has 0 amide bonds. The van der Waals surface area contributed by atoms with Crippen molar-refractivity contribution in [2.24, 2.45) is 0 Å². The van der Waals surface area contributed by atoms with E-state index in [1.54, 1.807) is 0 Å². The first kappa shape index (κ1) is 11.2. The molecule has 0 saturated carbocycles. The summed E-state index contributed by atoms with van der Waals surface area (Å²) < 4.78 is 0. The van der Waals surface area contributed by atoms with Gasteiger partial charge in [0.2, 0.25) is 0 Å².